The van der Waals surface area contributed by atoms with E-state index in [2.05, 4.69) is 36.8 Å². The van der Waals surface area contributed by atoms with Gasteiger partial charge < -0.3 is 19.8 Å². The average molecular weight is 532 g/mol. The van der Waals surface area contributed by atoms with Crippen LogP contribution in [0.15, 0.2) is 33.2 Å². The van der Waals surface area contributed by atoms with E-state index in [-0.39, 0.29) is 35.5 Å². The number of thiazole rings is 1. The van der Waals surface area contributed by atoms with Gasteiger partial charge in [0.1, 0.15) is 5.76 Å². The van der Waals surface area contributed by atoms with Crippen molar-refractivity contribution in [2.75, 3.05) is 26.2 Å². The zero-order valence-electron chi connectivity index (χ0n) is 17.6. The Labute approximate surface area is 194 Å². The van der Waals surface area contributed by atoms with Crippen molar-refractivity contribution in [1.82, 2.24) is 15.6 Å². The van der Waals surface area contributed by atoms with E-state index in [1.54, 1.807) is 17.6 Å². The molecule has 0 aliphatic carbocycles. The Balaban J connectivity index is 0.00000300. The molecule has 1 saturated heterocycles. The van der Waals surface area contributed by atoms with E-state index in [1.807, 2.05) is 12.1 Å². The van der Waals surface area contributed by atoms with Crippen molar-refractivity contribution < 1.29 is 9.15 Å². The highest BCUT2D eigenvalue weighted by Crippen LogP contribution is 2.25. The van der Waals surface area contributed by atoms with Crippen molar-refractivity contribution in [1.29, 1.82) is 0 Å². The van der Waals surface area contributed by atoms with Crippen LogP contribution in [0.3, 0.4) is 0 Å². The third kappa shape index (κ3) is 8.25. The quantitative estimate of drug-likeness (QED) is 0.304. The molecule has 2 aromatic rings. The van der Waals surface area contributed by atoms with Crippen molar-refractivity contribution in [3.05, 3.63) is 40.2 Å². The van der Waals surface area contributed by atoms with Gasteiger partial charge >= 0.3 is 0 Å². The molecule has 0 aromatic carbocycles. The zero-order chi connectivity index (χ0) is 19.8. The molecule has 0 radical (unpaired) electrons. The van der Waals surface area contributed by atoms with E-state index >= 15 is 0 Å². The molecule has 2 aromatic heterocycles. The second-order valence-electron chi connectivity index (χ2n) is 8.15. The normalized spacial score (nSPS) is 17.2. The number of rotatable bonds is 8. The molecule has 6 nitrogen and oxygen atoms in total. The summed E-state index contributed by atoms with van der Waals surface area (Å²) >= 11 is 1.74. The summed E-state index contributed by atoms with van der Waals surface area (Å²) in [5.74, 6) is 1.80. The highest BCUT2D eigenvalue weighted by molar-refractivity contribution is 14.0. The third-order valence-corrected chi connectivity index (χ3v) is 5.90. The van der Waals surface area contributed by atoms with Crippen molar-refractivity contribution in [3.8, 4) is 0 Å². The van der Waals surface area contributed by atoms with Crippen LogP contribution in [-0.2, 0) is 23.0 Å². The van der Waals surface area contributed by atoms with Crippen LogP contribution in [0.25, 0.3) is 0 Å². The SMILES string of the molecule is CC(C)(C)c1nc(CCNC(=NCC2CCCO2)NCCc2ccco2)cs1.I. The lowest BCUT2D eigenvalue weighted by atomic mass is 9.98. The number of aliphatic imine (C=N–C) groups is 1. The summed E-state index contributed by atoms with van der Waals surface area (Å²) in [5.41, 5.74) is 1.24. The van der Waals surface area contributed by atoms with Gasteiger partial charge in [0.05, 0.1) is 29.6 Å². The monoisotopic (exact) mass is 532 g/mol. The summed E-state index contributed by atoms with van der Waals surface area (Å²) in [4.78, 5) is 9.49. The van der Waals surface area contributed by atoms with Gasteiger partial charge in [0.15, 0.2) is 5.96 Å². The fourth-order valence-corrected chi connectivity index (χ4v) is 3.93. The van der Waals surface area contributed by atoms with E-state index < -0.39 is 0 Å². The summed E-state index contributed by atoms with van der Waals surface area (Å²) in [6, 6.07) is 3.91. The smallest absolute Gasteiger partial charge is 0.191 e. The van der Waals surface area contributed by atoms with E-state index in [9.17, 15) is 0 Å². The lowest BCUT2D eigenvalue weighted by molar-refractivity contribution is 0.117. The Bertz CT molecular complexity index is 734. The maximum Gasteiger partial charge on any atom is 0.191 e. The number of aromatic nitrogens is 1. The molecule has 1 unspecified atom stereocenters. The van der Waals surface area contributed by atoms with Crippen molar-refractivity contribution >= 4 is 41.3 Å². The van der Waals surface area contributed by atoms with Crippen LogP contribution < -0.4 is 10.6 Å². The van der Waals surface area contributed by atoms with Crippen molar-refractivity contribution in [2.24, 2.45) is 4.99 Å². The molecule has 162 valence electrons. The molecular weight excluding hydrogens is 499 g/mol. The molecule has 3 rings (SSSR count). The standard InChI is InChI=1S/C21H32N4O2S.HI/c1-21(2,3)19-25-16(15-28-19)8-10-22-20(24-14-18-7-5-13-27-18)23-11-9-17-6-4-12-26-17;/h4,6,12,15,18H,5,7-11,13-14H2,1-3H3,(H2,22,23,24);1H. The summed E-state index contributed by atoms with van der Waals surface area (Å²) in [5, 5.41) is 10.2. The molecule has 0 bridgehead atoms. The van der Waals surface area contributed by atoms with Gasteiger partial charge in [0.2, 0.25) is 0 Å². The highest BCUT2D eigenvalue weighted by Gasteiger charge is 2.18. The van der Waals surface area contributed by atoms with Crippen LogP contribution >= 0.6 is 35.3 Å². The molecule has 29 heavy (non-hydrogen) atoms. The molecule has 0 saturated carbocycles. The van der Waals surface area contributed by atoms with Gasteiger partial charge in [-0.3, -0.25) is 4.99 Å². The second kappa shape index (κ2) is 11.9. The first-order chi connectivity index (χ1) is 13.5. The number of nitrogens with zero attached hydrogens (tertiary/aromatic N) is 2. The van der Waals surface area contributed by atoms with Gasteiger partial charge in [0, 0.05) is 43.3 Å². The minimum absolute atomic E-state index is 0. The molecular formula is C21H33IN4O2S. The number of ether oxygens (including phenoxy) is 1. The van der Waals surface area contributed by atoms with Crippen LogP contribution in [0.2, 0.25) is 0 Å². The Hall–Kier alpha value is -1.13. The summed E-state index contributed by atoms with van der Waals surface area (Å²) < 4.78 is 11.1. The number of furan rings is 1. The predicted octanol–water partition coefficient (Wildman–Crippen LogP) is 4.15. The first kappa shape index (κ1) is 24.1. The Morgan fingerprint density at radius 1 is 1.28 bits per heavy atom. The third-order valence-electron chi connectivity index (χ3n) is 4.59. The largest absolute Gasteiger partial charge is 0.469 e. The molecule has 1 aliphatic heterocycles. The molecule has 0 amide bonds. The lowest BCUT2D eigenvalue weighted by Crippen LogP contribution is -2.40. The summed E-state index contributed by atoms with van der Waals surface area (Å²) in [7, 11) is 0. The van der Waals surface area contributed by atoms with Gasteiger partial charge in [-0.15, -0.1) is 35.3 Å². The Morgan fingerprint density at radius 3 is 2.69 bits per heavy atom. The first-order valence-electron chi connectivity index (χ1n) is 10.1. The first-order valence-corrected chi connectivity index (χ1v) is 11.0. The molecule has 2 N–H and O–H groups in total. The van der Waals surface area contributed by atoms with Gasteiger partial charge in [-0.1, -0.05) is 20.8 Å². The molecule has 1 fully saturated rings. The Kier molecular flexibility index (Phi) is 9.91. The number of halogens is 1. The molecule has 3 heterocycles. The maximum atomic E-state index is 5.69. The number of nitrogens with one attached hydrogen (secondary N) is 2. The number of guanidine groups is 1. The molecule has 0 spiro atoms. The van der Waals surface area contributed by atoms with E-state index in [4.69, 9.17) is 19.1 Å². The van der Waals surface area contributed by atoms with Gasteiger partial charge in [-0.2, -0.15) is 0 Å². The van der Waals surface area contributed by atoms with Gasteiger partial charge in [-0.05, 0) is 25.0 Å². The average Bonchev–Trinajstić information content (AvgIpc) is 3.40. The maximum absolute atomic E-state index is 5.69. The van der Waals surface area contributed by atoms with Gasteiger partial charge in [-0.25, -0.2) is 4.98 Å². The van der Waals surface area contributed by atoms with E-state index in [1.165, 1.54) is 5.01 Å². The Morgan fingerprint density at radius 2 is 2.07 bits per heavy atom. The van der Waals surface area contributed by atoms with Crippen molar-refractivity contribution in [2.45, 2.75) is 58.0 Å². The summed E-state index contributed by atoms with van der Waals surface area (Å²) in [6.07, 6.45) is 5.89. The van der Waals surface area contributed by atoms with Crippen molar-refractivity contribution in [3.63, 3.8) is 0 Å². The highest BCUT2D eigenvalue weighted by atomic mass is 127. The lowest BCUT2D eigenvalue weighted by Gasteiger charge is -2.14. The van der Waals surface area contributed by atoms with Crippen LogP contribution in [-0.4, -0.2) is 43.3 Å². The second-order valence-corrected chi connectivity index (χ2v) is 9.01. The van der Waals surface area contributed by atoms with E-state index in [0.29, 0.717) is 6.54 Å². The minimum atomic E-state index is 0. The molecule has 1 aliphatic rings. The number of hydrogen-bond acceptors (Lipinski definition) is 5. The number of hydrogen-bond donors (Lipinski definition) is 2. The molecule has 1 atom stereocenters. The summed E-state index contributed by atoms with van der Waals surface area (Å²) in [6.45, 7) is 9.73. The van der Waals surface area contributed by atoms with E-state index in [0.717, 1.165) is 62.8 Å². The fraction of sp³-hybridized carbons (Fsp3) is 0.619. The molecule has 8 heteroatoms. The minimum Gasteiger partial charge on any atom is -0.469 e. The van der Waals surface area contributed by atoms with Crippen LogP contribution in [0.5, 0.6) is 0 Å². The van der Waals surface area contributed by atoms with Crippen LogP contribution in [0.4, 0.5) is 0 Å². The van der Waals surface area contributed by atoms with Crippen LogP contribution in [0, 0.1) is 0 Å². The fourth-order valence-electron chi connectivity index (χ4n) is 2.99. The zero-order valence-corrected chi connectivity index (χ0v) is 20.7. The van der Waals surface area contributed by atoms with Crippen LogP contribution in [0.1, 0.15) is 50.1 Å². The van der Waals surface area contributed by atoms with Gasteiger partial charge in [0.25, 0.3) is 0 Å². The predicted molar refractivity (Wildman–Crippen MR) is 130 cm³/mol. The topological polar surface area (TPSA) is 71.7 Å².